The first-order valence-corrected chi connectivity index (χ1v) is 10.2. The number of thioether (sulfide) groups is 1. The minimum Gasteiger partial charge on any atom is -0.465 e. The Balaban J connectivity index is 2.30. The lowest BCUT2D eigenvalue weighted by atomic mass is 10.2. The molecular formula is C13H14ClN3O4S3. The number of esters is 1. The summed E-state index contributed by atoms with van der Waals surface area (Å²) >= 11 is 8.56. The highest BCUT2D eigenvalue weighted by Crippen LogP contribution is 2.31. The van der Waals surface area contributed by atoms with E-state index in [2.05, 4.69) is 19.7 Å². The second-order valence-electron chi connectivity index (χ2n) is 4.78. The summed E-state index contributed by atoms with van der Waals surface area (Å²) in [4.78, 5) is 11.3. The lowest BCUT2D eigenvalue weighted by molar-refractivity contribution is 0.0600. The molecule has 11 heteroatoms. The summed E-state index contributed by atoms with van der Waals surface area (Å²) in [7, 11) is -2.81. The number of rotatable bonds is 6. The average molecular weight is 408 g/mol. The smallest absolute Gasteiger partial charge is 0.337 e. The molecule has 1 aromatic heterocycles. The monoisotopic (exact) mass is 407 g/mol. The van der Waals surface area contributed by atoms with Crippen LogP contribution in [0.15, 0.2) is 27.4 Å². The molecule has 0 radical (unpaired) electrons. The van der Waals surface area contributed by atoms with E-state index in [4.69, 9.17) is 11.6 Å². The number of hydrogen-bond donors (Lipinski definition) is 1. The van der Waals surface area contributed by atoms with E-state index in [1.165, 1.54) is 31.0 Å². The first kappa shape index (κ1) is 19.0. The van der Waals surface area contributed by atoms with Crippen LogP contribution in [0.3, 0.4) is 0 Å². The molecule has 0 spiro atoms. The molecule has 2 aromatic rings. The molecule has 0 aliphatic rings. The van der Waals surface area contributed by atoms with Crippen molar-refractivity contribution < 1.29 is 17.9 Å². The largest absolute Gasteiger partial charge is 0.465 e. The third-order valence-electron chi connectivity index (χ3n) is 2.61. The van der Waals surface area contributed by atoms with E-state index in [9.17, 15) is 13.2 Å². The van der Waals surface area contributed by atoms with E-state index in [1.54, 1.807) is 0 Å². The maximum absolute atomic E-state index is 12.5. The van der Waals surface area contributed by atoms with Gasteiger partial charge in [0.25, 0.3) is 10.0 Å². The number of sulfonamides is 1. The zero-order valence-corrected chi connectivity index (χ0v) is 16.1. The number of carbonyl (C=O) groups excluding carboxylic acids is 1. The van der Waals surface area contributed by atoms with Crippen LogP contribution >= 0.6 is 34.7 Å². The SMILES string of the molecule is COC(=O)c1ccc(Cl)c(S(=O)(=O)Nc2nnc(SC(C)C)s2)c1. The predicted octanol–water partition coefficient (Wildman–Crippen LogP) is 3.28. The first-order chi connectivity index (χ1) is 11.2. The fourth-order valence-electron chi connectivity index (χ4n) is 1.62. The van der Waals surface area contributed by atoms with E-state index in [0.717, 1.165) is 17.4 Å². The van der Waals surface area contributed by atoms with Gasteiger partial charge in [-0.05, 0) is 18.2 Å². The standard InChI is InChI=1S/C13H14ClN3O4S3/c1-7(2)22-13-16-15-12(23-13)17-24(19,20)10-6-8(11(18)21-3)4-5-9(10)14/h4-7H,1-3H3,(H,15,17). The van der Waals surface area contributed by atoms with Crippen molar-refractivity contribution >= 4 is 55.8 Å². The van der Waals surface area contributed by atoms with Crippen molar-refractivity contribution in [3.05, 3.63) is 28.8 Å². The van der Waals surface area contributed by atoms with Crippen molar-refractivity contribution in [3.63, 3.8) is 0 Å². The fourth-order valence-corrected chi connectivity index (χ4v) is 5.36. The molecule has 0 fully saturated rings. The van der Waals surface area contributed by atoms with E-state index in [0.29, 0.717) is 9.59 Å². The normalized spacial score (nSPS) is 11.5. The Labute approximate surface area is 152 Å². The molecule has 0 saturated carbocycles. The number of hydrogen-bond acceptors (Lipinski definition) is 8. The minimum absolute atomic E-state index is 0.0172. The number of nitrogens with zero attached hydrogens (tertiary/aromatic N) is 2. The van der Waals surface area contributed by atoms with E-state index in [1.807, 2.05) is 13.8 Å². The topological polar surface area (TPSA) is 98.2 Å². The van der Waals surface area contributed by atoms with Crippen molar-refractivity contribution in [2.24, 2.45) is 0 Å². The third-order valence-corrected chi connectivity index (χ3v) is 6.48. The summed E-state index contributed by atoms with van der Waals surface area (Å²) < 4.78 is 32.6. The van der Waals surface area contributed by atoms with E-state index >= 15 is 0 Å². The van der Waals surface area contributed by atoms with Crippen LogP contribution in [0.4, 0.5) is 5.13 Å². The fraction of sp³-hybridized carbons (Fsp3) is 0.308. The van der Waals surface area contributed by atoms with Crippen molar-refractivity contribution in [1.82, 2.24) is 10.2 Å². The maximum Gasteiger partial charge on any atom is 0.337 e. The van der Waals surface area contributed by atoms with Gasteiger partial charge in [-0.15, -0.1) is 10.2 Å². The molecule has 1 N–H and O–H groups in total. The van der Waals surface area contributed by atoms with Gasteiger partial charge in [0.2, 0.25) is 5.13 Å². The number of nitrogens with one attached hydrogen (secondary N) is 1. The van der Waals surface area contributed by atoms with Crippen LogP contribution in [0.5, 0.6) is 0 Å². The highest BCUT2D eigenvalue weighted by atomic mass is 35.5. The second-order valence-corrected chi connectivity index (χ2v) is 9.64. The lowest BCUT2D eigenvalue weighted by Crippen LogP contribution is -2.14. The summed E-state index contributed by atoms with van der Waals surface area (Å²) in [6.07, 6.45) is 0. The molecule has 7 nitrogen and oxygen atoms in total. The Morgan fingerprint density at radius 3 is 2.71 bits per heavy atom. The molecule has 0 saturated heterocycles. The van der Waals surface area contributed by atoms with Crippen molar-refractivity contribution in [2.75, 3.05) is 11.8 Å². The Bertz CT molecular complexity index is 852. The summed E-state index contributed by atoms with van der Waals surface area (Å²) in [5, 5.41) is 8.12. The summed E-state index contributed by atoms with van der Waals surface area (Å²) in [5.74, 6) is -0.658. The molecule has 0 unspecified atom stereocenters. The van der Waals surface area contributed by atoms with Gasteiger partial charge >= 0.3 is 5.97 Å². The Kier molecular flexibility index (Phi) is 6.07. The predicted molar refractivity (Wildman–Crippen MR) is 94.5 cm³/mol. The first-order valence-electron chi connectivity index (χ1n) is 6.64. The molecule has 0 amide bonds. The van der Waals surface area contributed by atoms with Gasteiger partial charge in [0.15, 0.2) is 4.34 Å². The number of carbonyl (C=O) groups is 1. The number of methoxy groups -OCH3 is 1. The van der Waals surface area contributed by atoms with Crippen molar-refractivity contribution in [2.45, 2.75) is 28.3 Å². The van der Waals surface area contributed by atoms with Crippen LogP contribution in [-0.4, -0.2) is 36.9 Å². The summed E-state index contributed by atoms with van der Waals surface area (Å²) in [6.45, 7) is 3.99. The average Bonchev–Trinajstić information content (AvgIpc) is 2.92. The second kappa shape index (κ2) is 7.68. The summed E-state index contributed by atoms with van der Waals surface area (Å²) in [5.41, 5.74) is 0.0793. The molecule has 0 bridgehead atoms. The van der Waals surface area contributed by atoms with Gasteiger partial charge in [-0.1, -0.05) is 48.5 Å². The zero-order valence-electron chi connectivity index (χ0n) is 12.9. The van der Waals surface area contributed by atoms with Crippen LogP contribution in [0.2, 0.25) is 5.02 Å². The number of ether oxygens (including phenoxy) is 1. The van der Waals surface area contributed by atoms with Crippen molar-refractivity contribution in [3.8, 4) is 0 Å². The molecule has 24 heavy (non-hydrogen) atoms. The molecular weight excluding hydrogens is 394 g/mol. The zero-order chi connectivity index (χ0) is 17.9. The van der Waals surface area contributed by atoms with Gasteiger partial charge < -0.3 is 4.74 Å². The maximum atomic E-state index is 12.5. The van der Waals surface area contributed by atoms with E-state index < -0.39 is 16.0 Å². The molecule has 2 rings (SSSR count). The Morgan fingerprint density at radius 2 is 2.08 bits per heavy atom. The molecule has 1 aromatic carbocycles. The van der Waals surface area contributed by atoms with Gasteiger partial charge in [0.1, 0.15) is 4.90 Å². The molecule has 0 aliphatic heterocycles. The van der Waals surface area contributed by atoms with Crippen LogP contribution < -0.4 is 4.72 Å². The van der Waals surface area contributed by atoms with Gasteiger partial charge in [-0.2, -0.15) is 0 Å². The van der Waals surface area contributed by atoms with E-state index in [-0.39, 0.29) is 20.6 Å². The number of anilines is 1. The van der Waals surface area contributed by atoms with Crippen LogP contribution in [0, 0.1) is 0 Å². The van der Waals surface area contributed by atoms with Crippen molar-refractivity contribution in [1.29, 1.82) is 0 Å². The van der Waals surface area contributed by atoms with Crippen LogP contribution in [0.1, 0.15) is 24.2 Å². The minimum atomic E-state index is -4.01. The molecule has 130 valence electrons. The number of benzene rings is 1. The van der Waals surface area contributed by atoms with Crippen LogP contribution in [0.25, 0.3) is 0 Å². The lowest BCUT2D eigenvalue weighted by Gasteiger charge is -2.08. The Morgan fingerprint density at radius 1 is 1.38 bits per heavy atom. The highest BCUT2D eigenvalue weighted by molar-refractivity contribution is 8.01. The quantitative estimate of drug-likeness (QED) is 0.579. The number of aromatic nitrogens is 2. The van der Waals surface area contributed by atoms with Gasteiger partial charge in [-0.25, -0.2) is 13.2 Å². The van der Waals surface area contributed by atoms with Crippen LogP contribution in [-0.2, 0) is 14.8 Å². The number of halogens is 1. The molecule has 0 aliphatic carbocycles. The summed E-state index contributed by atoms with van der Waals surface area (Å²) in [6, 6.07) is 3.86. The van der Waals surface area contributed by atoms with Gasteiger partial charge in [-0.3, -0.25) is 4.72 Å². The Hall–Kier alpha value is -1.36. The molecule has 0 atom stereocenters. The van der Waals surface area contributed by atoms with Gasteiger partial charge in [0, 0.05) is 5.25 Å². The third kappa shape index (κ3) is 4.59. The highest BCUT2D eigenvalue weighted by Gasteiger charge is 2.22. The molecule has 1 heterocycles. The van der Waals surface area contributed by atoms with Gasteiger partial charge in [0.05, 0.1) is 17.7 Å².